The van der Waals surface area contributed by atoms with Crippen LogP contribution in [0.1, 0.15) is 12.5 Å². The molecule has 0 unspecified atom stereocenters. The third-order valence-corrected chi connectivity index (χ3v) is 4.29. The number of hydrogen-bond donors (Lipinski definition) is 1. The van der Waals surface area contributed by atoms with Crippen molar-refractivity contribution in [3.05, 3.63) is 52.1 Å². The Bertz CT molecular complexity index is 975. The summed E-state index contributed by atoms with van der Waals surface area (Å²) >= 11 is 0. The number of carbonyl (C=O) groups is 2. The lowest BCUT2D eigenvalue weighted by Gasteiger charge is -2.19. The van der Waals surface area contributed by atoms with Gasteiger partial charge in [-0.25, -0.2) is 0 Å². The highest BCUT2D eigenvalue weighted by molar-refractivity contribution is 5.97. The molecular weight excluding hydrogens is 396 g/mol. The number of nitrogens with zero attached hydrogens (tertiary/aromatic N) is 1. The lowest BCUT2D eigenvalue weighted by molar-refractivity contribution is -0.384. The van der Waals surface area contributed by atoms with Gasteiger partial charge in [-0.2, -0.15) is 0 Å². The quantitative estimate of drug-likeness (QED) is 0.414. The van der Waals surface area contributed by atoms with Gasteiger partial charge in [0.05, 0.1) is 24.5 Å². The van der Waals surface area contributed by atoms with Crippen molar-refractivity contribution in [2.24, 2.45) is 0 Å². The highest BCUT2D eigenvalue weighted by Gasteiger charge is 2.23. The van der Waals surface area contributed by atoms with Gasteiger partial charge in [-0.3, -0.25) is 19.7 Å². The Morgan fingerprint density at radius 2 is 1.90 bits per heavy atom. The Kier molecular flexibility index (Phi) is 6.35. The van der Waals surface area contributed by atoms with Crippen molar-refractivity contribution < 1.29 is 33.5 Å². The molecule has 1 amide bonds. The second kappa shape index (κ2) is 9.12. The maximum Gasteiger partial charge on any atom is 0.311 e. The number of benzene rings is 2. The Morgan fingerprint density at radius 1 is 1.17 bits per heavy atom. The number of hydrogen-bond acceptors (Lipinski definition) is 8. The first-order chi connectivity index (χ1) is 14.4. The fourth-order valence-corrected chi connectivity index (χ4v) is 2.79. The van der Waals surface area contributed by atoms with Crippen LogP contribution in [0.25, 0.3) is 0 Å². The molecule has 10 nitrogen and oxygen atoms in total. The maximum absolute atomic E-state index is 12.3. The standard InChI is InChI=1S/C20H20N2O8/c1-12(20(24)21-15-5-4-14(27-2)11-16(15)22(25)26)30-19(23)10-13-3-6-17-18(9-13)29-8-7-28-17/h3-6,9,11-12H,7-8,10H2,1-2H3,(H,21,24)/t12-/m1/s1. The lowest BCUT2D eigenvalue weighted by atomic mass is 10.1. The number of methoxy groups -OCH3 is 1. The van der Waals surface area contributed by atoms with E-state index in [0.717, 1.165) is 0 Å². The van der Waals surface area contributed by atoms with Crippen molar-refractivity contribution in [2.75, 3.05) is 25.6 Å². The lowest BCUT2D eigenvalue weighted by Crippen LogP contribution is -2.30. The van der Waals surface area contributed by atoms with Gasteiger partial charge in [0.25, 0.3) is 11.6 Å². The van der Waals surface area contributed by atoms with Crippen molar-refractivity contribution in [1.29, 1.82) is 0 Å². The molecule has 2 aromatic carbocycles. The van der Waals surface area contributed by atoms with Crippen LogP contribution >= 0.6 is 0 Å². The Labute approximate surface area is 171 Å². The smallest absolute Gasteiger partial charge is 0.311 e. The molecule has 1 aliphatic heterocycles. The zero-order valence-corrected chi connectivity index (χ0v) is 16.4. The van der Waals surface area contributed by atoms with E-state index in [1.807, 2.05) is 0 Å². The summed E-state index contributed by atoms with van der Waals surface area (Å²) in [6.07, 6.45) is -1.23. The molecule has 0 saturated carbocycles. The molecule has 2 aromatic rings. The summed E-state index contributed by atoms with van der Waals surface area (Å²) in [5.74, 6) is 0.104. The summed E-state index contributed by atoms with van der Waals surface area (Å²) in [4.78, 5) is 35.1. The number of nitrogens with one attached hydrogen (secondary N) is 1. The van der Waals surface area contributed by atoms with Crippen molar-refractivity contribution in [1.82, 2.24) is 0 Å². The number of esters is 1. The highest BCUT2D eigenvalue weighted by Crippen LogP contribution is 2.31. The molecular formula is C20H20N2O8. The van der Waals surface area contributed by atoms with Crippen LogP contribution in [0.15, 0.2) is 36.4 Å². The summed E-state index contributed by atoms with van der Waals surface area (Å²) < 4.78 is 21.0. The number of fused-ring (bicyclic) bond motifs is 1. The van der Waals surface area contributed by atoms with Crippen LogP contribution in [-0.2, 0) is 20.7 Å². The van der Waals surface area contributed by atoms with Gasteiger partial charge in [0.2, 0.25) is 0 Å². The largest absolute Gasteiger partial charge is 0.496 e. The van der Waals surface area contributed by atoms with Gasteiger partial charge in [0, 0.05) is 0 Å². The van der Waals surface area contributed by atoms with E-state index in [1.165, 1.54) is 32.2 Å². The summed E-state index contributed by atoms with van der Waals surface area (Å²) in [6.45, 7) is 2.27. The molecule has 1 heterocycles. The number of ether oxygens (including phenoxy) is 4. The molecule has 0 fully saturated rings. The number of anilines is 1. The molecule has 0 aromatic heterocycles. The van der Waals surface area contributed by atoms with Gasteiger partial charge in [-0.1, -0.05) is 6.07 Å². The first-order valence-corrected chi connectivity index (χ1v) is 9.08. The van der Waals surface area contributed by atoms with E-state index in [2.05, 4.69) is 5.32 Å². The summed E-state index contributed by atoms with van der Waals surface area (Å²) in [5, 5.41) is 13.6. The SMILES string of the molecule is COc1ccc(NC(=O)[C@@H](C)OC(=O)Cc2ccc3c(c2)OCCO3)c([N+](=O)[O-])c1. The minimum atomic E-state index is -1.16. The summed E-state index contributed by atoms with van der Waals surface area (Å²) in [5.41, 5.74) is 0.278. The first-order valence-electron chi connectivity index (χ1n) is 9.08. The molecule has 10 heteroatoms. The van der Waals surface area contributed by atoms with Crippen molar-refractivity contribution in [2.45, 2.75) is 19.4 Å². The molecule has 0 radical (unpaired) electrons. The number of rotatable bonds is 7. The molecule has 1 aliphatic rings. The maximum atomic E-state index is 12.3. The van der Waals surface area contributed by atoms with Gasteiger partial charge < -0.3 is 24.3 Å². The van der Waals surface area contributed by atoms with Crippen molar-refractivity contribution in [3.63, 3.8) is 0 Å². The van der Waals surface area contributed by atoms with Crippen LogP contribution in [0.2, 0.25) is 0 Å². The van der Waals surface area contributed by atoms with Crippen LogP contribution in [0, 0.1) is 10.1 Å². The normalized spacial score (nSPS) is 13.1. The Balaban J connectivity index is 1.60. The predicted octanol–water partition coefficient (Wildman–Crippen LogP) is 2.49. The highest BCUT2D eigenvalue weighted by atomic mass is 16.6. The van der Waals surface area contributed by atoms with Crippen LogP contribution in [0.3, 0.4) is 0 Å². The molecule has 158 valence electrons. The number of amides is 1. The predicted molar refractivity (Wildman–Crippen MR) is 105 cm³/mol. The average Bonchev–Trinajstić information content (AvgIpc) is 2.73. The molecule has 30 heavy (non-hydrogen) atoms. The molecule has 3 rings (SSSR count). The molecule has 1 atom stereocenters. The number of nitro groups is 1. The van der Waals surface area contributed by atoms with E-state index in [1.54, 1.807) is 18.2 Å². The van der Waals surface area contributed by atoms with Gasteiger partial charge >= 0.3 is 5.97 Å². The summed E-state index contributed by atoms with van der Waals surface area (Å²) in [7, 11) is 1.38. The van der Waals surface area contributed by atoms with Crippen LogP contribution in [-0.4, -0.2) is 43.2 Å². The van der Waals surface area contributed by atoms with Crippen LogP contribution in [0.4, 0.5) is 11.4 Å². The number of carbonyl (C=O) groups excluding carboxylic acids is 2. The number of nitro benzene ring substituents is 1. The van der Waals surface area contributed by atoms with Crippen molar-refractivity contribution in [3.8, 4) is 17.2 Å². The Hall–Kier alpha value is -3.82. The third-order valence-electron chi connectivity index (χ3n) is 4.29. The van der Waals surface area contributed by atoms with E-state index in [9.17, 15) is 19.7 Å². The zero-order chi connectivity index (χ0) is 21.7. The van der Waals surface area contributed by atoms with E-state index < -0.39 is 22.9 Å². The van der Waals surface area contributed by atoms with Gasteiger partial charge in [-0.15, -0.1) is 0 Å². The van der Waals surface area contributed by atoms with Crippen LogP contribution < -0.4 is 19.5 Å². The topological polar surface area (TPSA) is 126 Å². The second-order valence-electron chi connectivity index (χ2n) is 6.42. The van der Waals surface area contributed by atoms with Gasteiger partial charge in [0.1, 0.15) is 24.7 Å². The van der Waals surface area contributed by atoms with E-state index in [0.29, 0.717) is 30.3 Å². The monoisotopic (exact) mass is 416 g/mol. The molecule has 0 bridgehead atoms. The third kappa shape index (κ3) is 4.96. The minimum absolute atomic E-state index is 0.0273. The van der Waals surface area contributed by atoms with Crippen molar-refractivity contribution >= 4 is 23.3 Å². The zero-order valence-electron chi connectivity index (χ0n) is 16.4. The molecule has 0 saturated heterocycles. The van der Waals surface area contributed by atoms with Gasteiger partial charge in [-0.05, 0) is 36.8 Å². The molecule has 0 aliphatic carbocycles. The Morgan fingerprint density at radius 3 is 2.60 bits per heavy atom. The minimum Gasteiger partial charge on any atom is -0.496 e. The summed E-state index contributed by atoms with van der Waals surface area (Å²) in [6, 6.07) is 9.10. The second-order valence-corrected chi connectivity index (χ2v) is 6.42. The van der Waals surface area contributed by atoms with E-state index in [-0.39, 0.29) is 23.5 Å². The first kappa shape index (κ1) is 20.9. The fourth-order valence-electron chi connectivity index (χ4n) is 2.79. The van der Waals surface area contributed by atoms with Gasteiger partial charge in [0.15, 0.2) is 17.6 Å². The fraction of sp³-hybridized carbons (Fsp3) is 0.300. The van der Waals surface area contributed by atoms with Crippen LogP contribution in [0.5, 0.6) is 17.2 Å². The molecule has 1 N–H and O–H groups in total. The molecule has 0 spiro atoms. The average molecular weight is 416 g/mol. The van der Waals surface area contributed by atoms with E-state index in [4.69, 9.17) is 18.9 Å². The van der Waals surface area contributed by atoms with E-state index >= 15 is 0 Å².